The molecule has 1 aromatic carbocycles. The van der Waals surface area contributed by atoms with E-state index in [9.17, 15) is 26.3 Å². The van der Waals surface area contributed by atoms with Crippen LogP contribution in [0.3, 0.4) is 0 Å². The number of aromatic nitrogens is 2. The lowest BCUT2D eigenvalue weighted by Gasteiger charge is -2.38. The van der Waals surface area contributed by atoms with Crippen molar-refractivity contribution >= 4 is 16.7 Å². The zero-order chi connectivity index (χ0) is 18.4. The van der Waals surface area contributed by atoms with Crippen molar-refractivity contribution in [2.45, 2.75) is 24.8 Å². The van der Waals surface area contributed by atoms with E-state index in [4.69, 9.17) is 5.73 Å². The molecule has 1 fully saturated rings. The van der Waals surface area contributed by atoms with E-state index in [1.165, 1.54) is 11.1 Å². The van der Waals surface area contributed by atoms with Gasteiger partial charge in [0.15, 0.2) is 0 Å². The second-order valence-corrected chi connectivity index (χ2v) is 6.02. The highest BCUT2D eigenvalue weighted by atomic mass is 35.5. The number of hydrogen-bond acceptors (Lipinski definition) is 4. The second kappa shape index (κ2) is 7.07. The molecule has 144 valence electrons. The van der Waals surface area contributed by atoms with Crippen LogP contribution in [0.2, 0.25) is 0 Å². The normalized spacial score (nSPS) is 21.6. The molecular formula is C15H15ClF6N4. The number of piperidine rings is 1. The van der Waals surface area contributed by atoms with Gasteiger partial charge in [0.2, 0.25) is 0 Å². The molecule has 0 unspecified atom stereocenters. The molecule has 0 amide bonds. The molecule has 0 radical (unpaired) electrons. The third-order valence-corrected chi connectivity index (χ3v) is 4.20. The van der Waals surface area contributed by atoms with Gasteiger partial charge in [-0.3, -0.25) is 9.97 Å². The van der Waals surface area contributed by atoms with E-state index in [1.807, 2.05) is 0 Å². The summed E-state index contributed by atoms with van der Waals surface area (Å²) in [5.41, 5.74) is 4.44. The molecule has 11 heteroatoms. The molecule has 26 heavy (non-hydrogen) atoms. The van der Waals surface area contributed by atoms with Crippen molar-refractivity contribution in [1.29, 1.82) is 0 Å². The van der Waals surface area contributed by atoms with Gasteiger partial charge in [0.05, 0.1) is 17.2 Å². The minimum Gasteiger partial charge on any atom is -1.00 e. The van der Waals surface area contributed by atoms with Gasteiger partial charge in [-0.15, -0.1) is 0 Å². The molecule has 4 nitrogen and oxygen atoms in total. The fourth-order valence-electron chi connectivity index (χ4n) is 3.10. The summed E-state index contributed by atoms with van der Waals surface area (Å²) in [6.45, 7) is -0.280. The van der Waals surface area contributed by atoms with Crippen LogP contribution in [0.15, 0.2) is 24.5 Å². The second-order valence-electron chi connectivity index (χ2n) is 6.02. The van der Waals surface area contributed by atoms with E-state index in [1.54, 1.807) is 0 Å². The van der Waals surface area contributed by atoms with Gasteiger partial charge in [0, 0.05) is 31.5 Å². The Morgan fingerprint density at radius 2 is 1.62 bits per heavy atom. The highest BCUT2D eigenvalue weighted by Gasteiger charge is 2.44. The number of hydrogen-bond donors (Lipinski definition) is 1. The molecule has 0 aliphatic carbocycles. The Hall–Kier alpha value is -1.81. The maximum Gasteiger partial charge on any atom is 1.00 e. The summed E-state index contributed by atoms with van der Waals surface area (Å²) in [5.74, 6) is -1.65. The minimum absolute atomic E-state index is 0. The van der Waals surface area contributed by atoms with Gasteiger partial charge in [-0.25, -0.2) is 0 Å². The molecule has 1 aliphatic heterocycles. The lowest BCUT2D eigenvalue weighted by Crippen LogP contribution is -3.00. The van der Waals surface area contributed by atoms with Crippen LogP contribution in [-0.2, 0) is 6.18 Å². The number of fused-ring (bicyclic) bond motifs is 1. The van der Waals surface area contributed by atoms with Crippen LogP contribution in [0.5, 0.6) is 0 Å². The topological polar surface area (TPSA) is 55.0 Å². The molecule has 1 aliphatic rings. The van der Waals surface area contributed by atoms with Crippen molar-refractivity contribution < 1.29 is 40.2 Å². The number of nitrogens with zero attached hydrogens (tertiary/aromatic N) is 3. The van der Waals surface area contributed by atoms with Crippen LogP contribution in [0.4, 0.5) is 32.0 Å². The highest BCUT2D eigenvalue weighted by Crippen LogP contribution is 2.39. The Morgan fingerprint density at radius 1 is 1.00 bits per heavy atom. The monoisotopic (exact) mass is 400 g/mol. The zero-order valence-corrected chi connectivity index (χ0v) is 13.9. The van der Waals surface area contributed by atoms with Crippen molar-refractivity contribution in [3.63, 3.8) is 0 Å². The van der Waals surface area contributed by atoms with Gasteiger partial charge < -0.3 is 23.0 Å². The molecular weight excluding hydrogens is 386 g/mol. The number of alkyl halides is 6. The van der Waals surface area contributed by atoms with E-state index >= 15 is 0 Å². The van der Waals surface area contributed by atoms with Crippen molar-refractivity contribution in [3.05, 3.63) is 30.1 Å². The zero-order valence-electron chi connectivity index (χ0n) is 14.2. The van der Waals surface area contributed by atoms with Gasteiger partial charge in [-0.2, -0.15) is 26.3 Å². The van der Waals surface area contributed by atoms with Crippen LogP contribution < -0.4 is 23.0 Å². The minimum atomic E-state index is -4.64. The van der Waals surface area contributed by atoms with Crippen LogP contribution in [0.25, 0.3) is 11.0 Å². The smallest absolute Gasteiger partial charge is 1.00 e. The lowest BCUT2D eigenvalue weighted by molar-refractivity contribution is -0.177. The molecule has 2 N–H and O–H groups in total. The Morgan fingerprint density at radius 3 is 2.19 bits per heavy atom. The molecule has 1 saturated heterocycles. The molecule has 2 heterocycles. The number of nitrogens with two attached hydrogens (primary N) is 1. The first-order valence-electron chi connectivity index (χ1n) is 7.45. The summed E-state index contributed by atoms with van der Waals surface area (Å²) in [5, 5.41) is 0. The number of rotatable bonds is 1. The Labute approximate surface area is 152 Å². The van der Waals surface area contributed by atoms with E-state index < -0.39 is 35.4 Å². The molecule has 1 aromatic heterocycles. The van der Waals surface area contributed by atoms with E-state index in [-0.39, 0.29) is 44.5 Å². The first kappa shape index (κ1) is 20.5. The predicted molar refractivity (Wildman–Crippen MR) is 80.0 cm³/mol. The van der Waals surface area contributed by atoms with Crippen molar-refractivity contribution in [1.82, 2.24) is 9.97 Å². The molecule has 0 saturated carbocycles. The average molecular weight is 401 g/mol. The Kier molecular flexibility index (Phi) is 5.57. The maximum absolute atomic E-state index is 13.1. The number of benzene rings is 1. The third kappa shape index (κ3) is 3.96. The lowest BCUT2D eigenvalue weighted by atomic mass is 9.93. The van der Waals surface area contributed by atoms with E-state index in [0.717, 1.165) is 18.3 Å². The average Bonchev–Trinajstić information content (AvgIpc) is 2.51. The Balaban J connectivity index is 0.00000182. The van der Waals surface area contributed by atoms with E-state index in [0.29, 0.717) is 0 Å². The molecule has 2 aromatic rings. The molecule has 3 rings (SSSR count). The van der Waals surface area contributed by atoms with Gasteiger partial charge in [0.25, 0.3) is 0 Å². The predicted octanol–water partition coefficient (Wildman–Crippen LogP) is 0.481. The van der Waals surface area contributed by atoms with Gasteiger partial charge in [-0.1, -0.05) is 0 Å². The standard InChI is InChI=1S/C15H14F6N4.ClH/c16-14(17,18)8-5-9(22)7-25(6-8)11-2-1-10(15(19,20)21)12-13(11)24-4-3-23-12;/h1-4,8-9H,5-7,22H2;1H/t8-,9+;/m0./s1. The van der Waals surface area contributed by atoms with Gasteiger partial charge >= 0.3 is 13.8 Å². The Bertz CT molecular complexity index is 785. The number of halogens is 7. The number of anilines is 1. The van der Waals surface area contributed by atoms with Crippen molar-refractivity contribution in [2.24, 2.45) is 11.7 Å². The van der Waals surface area contributed by atoms with Crippen LogP contribution in [0, 0.1) is 5.92 Å². The van der Waals surface area contributed by atoms with Crippen molar-refractivity contribution in [2.75, 3.05) is 18.0 Å². The van der Waals surface area contributed by atoms with Gasteiger partial charge in [-0.05, 0) is 18.6 Å². The van der Waals surface area contributed by atoms with Crippen LogP contribution >= 0.6 is 0 Å². The first-order valence-corrected chi connectivity index (χ1v) is 7.45. The third-order valence-electron chi connectivity index (χ3n) is 4.20. The molecule has 2 atom stereocenters. The summed E-state index contributed by atoms with van der Waals surface area (Å²) in [6, 6.07) is 1.20. The summed E-state index contributed by atoms with van der Waals surface area (Å²) >= 11 is 0. The molecule has 0 spiro atoms. The van der Waals surface area contributed by atoms with Crippen molar-refractivity contribution in [3.8, 4) is 0 Å². The SMILES string of the molecule is N[C@@H]1C[C@H](C(F)(F)F)CN(c2ccc(C(F)(F)F)c3nccnc23)C1.[Cl-].[H+]. The summed E-state index contributed by atoms with van der Waals surface area (Å²) in [6.07, 6.45) is -6.97. The first-order chi connectivity index (χ1) is 11.6. The van der Waals surface area contributed by atoms with Crippen LogP contribution in [0.1, 0.15) is 13.4 Å². The van der Waals surface area contributed by atoms with Gasteiger partial charge in [0.1, 0.15) is 11.0 Å². The fourth-order valence-corrected chi connectivity index (χ4v) is 3.10. The molecule has 0 bridgehead atoms. The maximum atomic E-state index is 13.1. The quantitative estimate of drug-likeness (QED) is 0.708. The van der Waals surface area contributed by atoms with E-state index in [2.05, 4.69) is 9.97 Å². The summed E-state index contributed by atoms with van der Waals surface area (Å²) in [7, 11) is 0. The largest absolute Gasteiger partial charge is 1.00 e. The summed E-state index contributed by atoms with van der Waals surface area (Å²) in [4.78, 5) is 8.98. The fraction of sp³-hybridized carbons (Fsp3) is 0.467. The highest BCUT2D eigenvalue weighted by molar-refractivity contribution is 5.90. The summed E-state index contributed by atoms with van der Waals surface area (Å²) < 4.78 is 78.6. The van der Waals surface area contributed by atoms with Crippen LogP contribution in [-0.4, -0.2) is 35.3 Å².